The van der Waals surface area contributed by atoms with Crippen LogP contribution in [-0.2, 0) is 0 Å². The molecule has 3 N–H and O–H groups in total. The van der Waals surface area contributed by atoms with Gasteiger partial charge in [0.05, 0.1) is 34.5 Å². The Balaban J connectivity index is 1.23. The molecule has 192 valence electrons. The van der Waals surface area contributed by atoms with E-state index in [0.29, 0.717) is 5.92 Å². The fourth-order valence-corrected chi connectivity index (χ4v) is 5.53. The maximum Gasteiger partial charge on any atom is 0.138 e. The third-order valence-corrected chi connectivity index (χ3v) is 7.57. The molecular formula is C31H28N8. The SMILES string of the molecule is C=C(Nc1cncc(-c2ccc3[nH]nc(-c4cc5c(-c6ccccn6)ccnc5[nH]4)c3n2)c1)C1CCCCC1. The van der Waals surface area contributed by atoms with Crippen molar-refractivity contribution < 1.29 is 0 Å². The van der Waals surface area contributed by atoms with Gasteiger partial charge in [0.2, 0.25) is 0 Å². The topological polar surface area (TPSA) is 108 Å². The number of fused-ring (bicyclic) bond motifs is 2. The first-order chi connectivity index (χ1) is 19.2. The van der Waals surface area contributed by atoms with E-state index in [9.17, 15) is 0 Å². The van der Waals surface area contributed by atoms with Crippen molar-refractivity contribution in [3.63, 3.8) is 0 Å². The Bertz CT molecular complexity index is 1790. The second-order valence-corrected chi connectivity index (χ2v) is 10.1. The quantitative estimate of drug-likeness (QED) is 0.219. The molecule has 1 saturated carbocycles. The fraction of sp³-hybridized carbons (Fsp3) is 0.194. The molecule has 0 unspecified atom stereocenters. The smallest absolute Gasteiger partial charge is 0.138 e. The van der Waals surface area contributed by atoms with Gasteiger partial charge in [0.1, 0.15) is 16.9 Å². The van der Waals surface area contributed by atoms with Crippen LogP contribution >= 0.6 is 0 Å². The molecule has 8 nitrogen and oxygen atoms in total. The van der Waals surface area contributed by atoms with Gasteiger partial charge < -0.3 is 10.3 Å². The third-order valence-electron chi connectivity index (χ3n) is 7.57. The summed E-state index contributed by atoms with van der Waals surface area (Å²) in [7, 11) is 0. The first-order valence-corrected chi connectivity index (χ1v) is 13.4. The lowest BCUT2D eigenvalue weighted by atomic mass is 9.87. The summed E-state index contributed by atoms with van der Waals surface area (Å²) >= 11 is 0. The van der Waals surface area contributed by atoms with Gasteiger partial charge in [-0.3, -0.25) is 15.1 Å². The number of hydrogen-bond acceptors (Lipinski definition) is 6. The second-order valence-electron chi connectivity index (χ2n) is 10.1. The summed E-state index contributed by atoms with van der Waals surface area (Å²) in [4.78, 5) is 22.0. The Labute approximate surface area is 225 Å². The predicted molar refractivity (Wildman–Crippen MR) is 155 cm³/mol. The summed E-state index contributed by atoms with van der Waals surface area (Å²) in [6, 6.07) is 16.0. The molecule has 8 heteroatoms. The van der Waals surface area contributed by atoms with E-state index in [2.05, 4.69) is 54.2 Å². The average molecular weight is 513 g/mol. The van der Waals surface area contributed by atoms with Crippen LogP contribution in [0.4, 0.5) is 5.69 Å². The summed E-state index contributed by atoms with van der Waals surface area (Å²) in [5.74, 6) is 0.523. The van der Waals surface area contributed by atoms with Gasteiger partial charge in [-0.05, 0) is 61.2 Å². The maximum atomic E-state index is 5.01. The molecule has 0 bridgehead atoms. The van der Waals surface area contributed by atoms with E-state index in [1.807, 2.05) is 48.8 Å². The van der Waals surface area contributed by atoms with E-state index in [0.717, 1.165) is 67.4 Å². The Morgan fingerprint density at radius 3 is 2.72 bits per heavy atom. The Morgan fingerprint density at radius 1 is 0.923 bits per heavy atom. The highest BCUT2D eigenvalue weighted by molar-refractivity contribution is 5.98. The Kier molecular flexibility index (Phi) is 5.85. The van der Waals surface area contributed by atoms with Gasteiger partial charge >= 0.3 is 0 Å². The van der Waals surface area contributed by atoms with Crippen molar-refractivity contribution in [1.82, 2.24) is 35.1 Å². The predicted octanol–water partition coefficient (Wildman–Crippen LogP) is 7.13. The molecule has 1 fully saturated rings. The zero-order chi connectivity index (χ0) is 26.2. The molecule has 0 atom stereocenters. The summed E-state index contributed by atoms with van der Waals surface area (Å²) in [6.07, 6.45) is 13.6. The minimum atomic E-state index is 0.523. The number of pyridine rings is 4. The van der Waals surface area contributed by atoms with Gasteiger partial charge in [-0.1, -0.05) is 31.9 Å². The molecule has 0 amide bonds. The van der Waals surface area contributed by atoms with Crippen molar-refractivity contribution in [3.8, 4) is 33.9 Å². The molecule has 7 rings (SSSR count). The summed E-state index contributed by atoms with van der Waals surface area (Å²) in [5, 5.41) is 12.2. The van der Waals surface area contributed by atoms with Crippen LogP contribution in [0, 0.1) is 5.92 Å². The molecule has 39 heavy (non-hydrogen) atoms. The zero-order valence-corrected chi connectivity index (χ0v) is 21.5. The minimum Gasteiger partial charge on any atom is -0.358 e. The first-order valence-electron chi connectivity index (χ1n) is 13.4. The molecule has 1 aliphatic carbocycles. The van der Waals surface area contributed by atoms with Crippen LogP contribution in [0.25, 0.3) is 56.0 Å². The molecule has 0 saturated heterocycles. The number of aromatic nitrogens is 7. The van der Waals surface area contributed by atoms with Crippen LogP contribution in [0.15, 0.2) is 85.6 Å². The van der Waals surface area contributed by atoms with Gasteiger partial charge in [-0.15, -0.1) is 0 Å². The first kappa shape index (κ1) is 23.3. The van der Waals surface area contributed by atoms with E-state index < -0.39 is 0 Å². The monoisotopic (exact) mass is 512 g/mol. The number of aromatic amines is 2. The van der Waals surface area contributed by atoms with Crippen molar-refractivity contribution >= 4 is 27.8 Å². The average Bonchev–Trinajstić information content (AvgIpc) is 3.62. The Morgan fingerprint density at radius 2 is 1.85 bits per heavy atom. The van der Waals surface area contributed by atoms with Crippen molar-refractivity contribution in [2.45, 2.75) is 32.1 Å². The number of nitrogens with one attached hydrogen (secondary N) is 3. The lowest BCUT2D eigenvalue weighted by molar-refractivity contribution is 0.405. The number of rotatable bonds is 6. The van der Waals surface area contributed by atoms with Crippen LogP contribution in [0.1, 0.15) is 32.1 Å². The van der Waals surface area contributed by atoms with Gasteiger partial charge in [-0.2, -0.15) is 5.10 Å². The number of hydrogen-bond donors (Lipinski definition) is 3. The molecule has 0 radical (unpaired) electrons. The number of allylic oxidation sites excluding steroid dienone is 1. The normalized spacial score (nSPS) is 14.2. The van der Waals surface area contributed by atoms with Crippen molar-refractivity contribution in [3.05, 3.63) is 85.6 Å². The van der Waals surface area contributed by atoms with Gasteiger partial charge in [-0.25, -0.2) is 9.97 Å². The molecule has 1 aliphatic rings. The summed E-state index contributed by atoms with van der Waals surface area (Å²) in [6.45, 7) is 4.32. The molecule has 6 aromatic heterocycles. The van der Waals surface area contributed by atoms with Crippen molar-refractivity contribution in [1.29, 1.82) is 0 Å². The lowest BCUT2D eigenvalue weighted by Crippen LogP contribution is -2.14. The van der Waals surface area contributed by atoms with Crippen molar-refractivity contribution in [2.24, 2.45) is 5.92 Å². The molecule has 0 aromatic carbocycles. The number of nitrogens with zero attached hydrogens (tertiary/aromatic N) is 5. The number of anilines is 1. The minimum absolute atomic E-state index is 0.523. The highest BCUT2D eigenvalue weighted by Gasteiger charge is 2.18. The van der Waals surface area contributed by atoms with E-state index in [1.165, 1.54) is 32.1 Å². The van der Waals surface area contributed by atoms with Crippen LogP contribution in [-0.4, -0.2) is 35.1 Å². The fourth-order valence-electron chi connectivity index (χ4n) is 5.53. The summed E-state index contributed by atoms with van der Waals surface area (Å²) < 4.78 is 0. The highest BCUT2D eigenvalue weighted by atomic mass is 15.1. The van der Waals surface area contributed by atoms with Crippen LogP contribution in [0.3, 0.4) is 0 Å². The molecular weight excluding hydrogens is 484 g/mol. The van der Waals surface area contributed by atoms with Crippen LogP contribution < -0.4 is 5.32 Å². The largest absolute Gasteiger partial charge is 0.358 e. The van der Waals surface area contributed by atoms with Crippen LogP contribution in [0.5, 0.6) is 0 Å². The third kappa shape index (κ3) is 4.44. The molecule has 6 aromatic rings. The van der Waals surface area contributed by atoms with Crippen molar-refractivity contribution in [2.75, 3.05) is 5.32 Å². The van der Waals surface area contributed by atoms with Gasteiger partial charge in [0.15, 0.2) is 0 Å². The van der Waals surface area contributed by atoms with E-state index in [1.54, 1.807) is 12.4 Å². The van der Waals surface area contributed by atoms with Crippen LogP contribution in [0.2, 0.25) is 0 Å². The lowest BCUT2D eigenvalue weighted by Gasteiger charge is -2.24. The van der Waals surface area contributed by atoms with Gasteiger partial charge in [0.25, 0.3) is 0 Å². The molecule has 6 heterocycles. The highest BCUT2D eigenvalue weighted by Crippen LogP contribution is 2.34. The maximum absolute atomic E-state index is 5.01. The number of H-pyrrole nitrogens is 2. The van der Waals surface area contributed by atoms with E-state index in [-0.39, 0.29) is 0 Å². The van der Waals surface area contributed by atoms with Gasteiger partial charge in [0, 0.05) is 40.8 Å². The Hall–Kier alpha value is -4.85. The molecule has 0 aliphatic heterocycles. The molecule has 0 spiro atoms. The zero-order valence-electron chi connectivity index (χ0n) is 21.5. The standard InChI is InChI=1S/C31H28N8/c1-19(20-7-3-2-4-8-20)35-22-15-21(17-32-18-22)25-10-11-27-29(36-25)30(39-38-27)28-16-24-23(12-14-34-31(24)37-28)26-9-5-6-13-33-26/h5-6,9-18,20,35H,1-4,7-8H2,(H,34,37)(H,38,39). The summed E-state index contributed by atoms with van der Waals surface area (Å²) in [5.41, 5.74) is 9.68. The second kappa shape index (κ2) is 9.79. The van der Waals surface area contributed by atoms with E-state index >= 15 is 0 Å². The van der Waals surface area contributed by atoms with E-state index in [4.69, 9.17) is 4.98 Å².